The van der Waals surface area contributed by atoms with Gasteiger partial charge in [0, 0.05) is 18.9 Å². The van der Waals surface area contributed by atoms with Crippen molar-refractivity contribution in [3.8, 4) is 0 Å². The summed E-state index contributed by atoms with van der Waals surface area (Å²) in [6, 6.07) is 0. The highest BCUT2D eigenvalue weighted by Crippen LogP contribution is 2.54. The lowest BCUT2D eigenvalue weighted by Gasteiger charge is -2.14. The largest absolute Gasteiger partial charge is 0.396 e. The van der Waals surface area contributed by atoms with E-state index in [9.17, 15) is 8.78 Å². The first-order chi connectivity index (χ1) is 5.47. The van der Waals surface area contributed by atoms with Gasteiger partial charge in [-0.25, -0.2) is 8.78 Å². The number of alkyl halides is 2. The normalized spacial score (nSPS) is 31.2. The van der Waals surface area contributed by atoms with Crippen molar-refractivity contribution in [2.75, 3.05) is 6.61 Å². The van der Waals surface area contributed by atoms with Gasteiger partial charge < -0.3 is 5.11 Å². The molecule has 3 unspecified atom stereocenters. The van der Waals surface area contributed by atoms with Crippen LogP contribution < -0.4 is 0 Å². The summed E-state index contributed by atoms with van der Waals surface area (Å²) in [7, 11) is 0. The monoisotopic (exact) mass is 178 g/mol. The molecule has 72 valence electrons. The second kappa shape index (κ2) is 3.29. The highest BCUT2D eigenvalue weighted by molar-refractivity contribution is 4.97. The summed E-state index contributed by atoms with van der Waals surface area (Å²) in [6.07, 6.45) is 0.753. The maximum absolute atomic E-state index is 12.5. The van der Waals surface area contributed by atoms with Crippen molar-refractivity contribution in [1.82, 2.24) is 0 Å². The Kier molecular flexibility index (Phi) is 2.71. The lowest BCUT2D eigenvalue weighted by Crippen LogP contribution is -2.11. The van der Waals surface area contributed by atoms with E-state index < -0.39 is 11.8 Å². The van der Waals surface area contributed by atoms with Crippen LogP contribution >= 0.6 is 0 Å². The van der Waals surface area contributed by atoms with Crippen molar-refractivity contribution in [2.24, 2.45) is 17.8 Å². The Bertz CT molecular complexity index is 159. The average Bonchev–Trinajstić information content (AvgIpc) is 2.59. The van der Waals surface area contributed by atoms with Crippen LogP contribution in [0.4, 0.5) is 8.78 Å². The lowest BCUT2D eigenvalue weighted by molar-refractivity contribution is 0.0812. The maximum atomic E-state index is 12.5. The summed E-state index contributed by atoms with van der Waals surface area (Å²) in [5.74, 6) is -2.64. The molecular weight excluding hydrogens is 162 g/mol. The number of halogens is 2. The minimum atomic E-state index is -2.41. The minimum absolute atomic E-state index is 0.0437. The fourth-order valence-corrected chi connectivity index (χ4v) is 1.73. The van der Waals surface area contributed by atoms with E-state index in [1.165, 1.54) is 0 Å². The van der Waals surface area contributed by atoms with E-state index in [0.29, 0.717) is 6.42 Å². The highest BCUT2D eigenvalue weighted by atomic mass is 19.3. The summed E-state index contributed by atoms with van der Waals surface area (Å²) >= 11 is 0. The van der Waals surface area contributed by atoms with Crippen LogP contribution in [-0.2, 0) is 0 Å². The number of aliphatic hydroxyl groups is 1. The zero-order valence-corrected chi connectivity index (χ0v) is 7.56. The van der Waals surface area contributed by atoms with Gasteiger partial charge in [0.2, 0.25) is 0 Å². The summed E-state index contributed by atoms with van der Waals surface area (Å²) in [5.41, 5.74) is 0. The van der Waals surface area contributed by atoms with Crippen LogP contribution in [-0.4, -0.2) is 17.6 Å². The predicted molar refractivity (Wildman–Crippen MR) is 43.1 cm³/mol. The molecule has 1 N–H and O–H groups in total. The van der Waals surface area contributed by atoms with Gasteiger partial charge in [-0.2, -0.15) is 0 Å². The summed E-state index contributed by atoms with van der Waals surface area (Å²) in [5, 5.41) is 8.73. The number of rotatable bonds is 4. The van der Waals surface area contributed by atoms with Crippen molar-refractivity contribution in [2.45, 2.75) is 32.6 Å². The molecule has 0 aromatic rings. The third kappa shape index (κ3) is 2.16. The molecule has 1 fully saturated rings. The van der Waals surface area contributed by atoms with Gasteiger partial charge in [-0.1, -0.05) is 13.8 Å². The van der Waals surface area contributed by atoms with E-state index in [1.54, 1.807) is 0 Å². The Morgan fingerprint density at radius 1 is 1.50 bits per heavy atom. The van der Waals surface area contributed by atoms with Crippen LogP contribution in [0, 0.1) is 17.8 Å². The molecule has 1 aliphatic carbocycles. The molecular formula is C9H16F2O. The molecule has 0 aliphatic heterocycles. The van der Waals surface area contributed by atoms with Gasteiger partial charge in [0.05, 0.1) is 0 Å². The first-order valence-corrected chi connectivity index (χ1v) is 4.46. The molecule has 1 aliphatic rings. The van der Waals surface area contributed by atoms with E-state index in [0.717, 1.165) is 0 Å². The molecule has 12 heavy (non-hydrogen) atoms. The molecule has 0 aromatic heterocycles. The maximum Gasteiger partial charge on any atom is 0.251 e. The van der Waals surface area contributed by atoms with Gasteiger partial charge in [-0.05, 0) is 18.3 Å². The molecule has 0 saturated heterocycles. The van der Waals surface area contributed by atoms with Gasteiger partial charge in [-0.15, -0.1) is 0 Å². The standard InChI is InChI=1S/C9H16F2O/c1-6(5-12)3-7(2)8-4-9(8,10)11/h6-8,12H,3-5H2,1-2H3. The SMILES string of the molecule is CC(CO)CC(C)C1CC1(F)F. The van der Waals surface area contributed by atoms with Crippen molar-refractivity contribution < 1.29 is 13.9 Å². The zero-order valence-electron chi connectivity index (χ0n) is 7.56. The molecule has 3 heteroatoms. The smallest absolute Gasteiger partial charge is 0.251 e. The van der Waals surface area contributed by atoms with Crippen molar-refractivity contribution in [3.05, 3.63) is 0 Å². The predicted octanol–water partition coefficient (Wildman–Crippen LogP) is 2.30. The van der Waals surface area contributed by atoms with Gasteiger partial charge >= 0.3 is 0 Å². The molecule has 1 rings (SSSR count). The quantitative estimate of drug-likeness (QED) is 0.700. The Labute approximate surface area is 71.8 Å². The van der Waals surface area contributed by atoms with Gasteiger partial charge in [0.25, 0.3) is 5.92 Å². The lowest BCUT2D eigenvalue weighted by atomic mass is 9.94. The number of hydrogen-bond acceptors (Lipinski definition) is 1. The van der Waals surface area contributed by atoms with Gasteiger partial charge in [0.15, 0.2) is 0 Å². The Hall–Kier alpha value is -0.180. The molecule has 1 saturated carbocycles. The average molecular weight is 178 g/mol. The third-order valence-corrected chi connectivity index (χ3v) is 2.65. The van der Waals surface area contributed by atoms with E-state index >= 15 is 0 Å². The molecule has 0 amide bonds. The second-order valence-corrected chi connectivity index (χ2v) is 4.07. The fraction of sp³-hybridized carbons (Fsp3) is 1.00. The Balaban J connectivity index is 2.26. The van der Waals surface area contributed by atoms with Crippen LogP contribution in [0.5, 0.6) is 0 Å². The van der Waals surface area contributed by atoms with Crippen LogP contribution in [0.25, 0.3) is 0 Å². The van der Waals surface area contributed by atoms with E-state index in [4.69, 9.17) is 5.11 Å². The summed E-state index contributed by atoms with van der Waals surface area (Å²) in [6.45, 7) is 3.83. The topological polar surface area (TPSA) is 20.2 Å². The Morgan fingerprint density at radius 2 is 2.00 bits per heavy atom. The minimum Gasteiger partial charge on any atom is -0.396 e. The van der Waals surface area contributed by atoms with Crippen LogP contribution in [0.3, 0.4) is 0 Å². The first kappa shape index (κ1) is 9.90. The van der Waals surface area contributed by atoms with Gasteiger partial charge in [0.1, 0.15) is 0 Å². The van der Waals surface area contributed by atoms with E-state index in [2.05, 4.69) is 0 Å². The van der Waals surface area contributed by atoms with Crippen molar-refractivity contribution in [3.63, 3.8) is 0 Å². The van der Waals surface area contributed by atoms with E-state index in [-0.39, 0.29) is 24.9 Å². The van der Waals surface area contributed by atoms with Gasteiger partial charge in [-0.3, -0.25) is 0 Å². The Morgan fingerprint density at radius 3 is 2.33 bits per heavy atom. The molecule has 0 spiro atoms. The van der Waals surface area contributed by atoms with Crippen molar-refractivity contribution in [1.29, 1.82) is 0 Å². The molecule has 0 heterocycles. The highest BCUT2D eigenvalue weighted by Gasteiger charge is 2.58. The second-order valence-electron chi connectivity index (χ2n) is 4.07. The molecule has 1 nitrogen and oxygen atoms in total. The van der Waals surface area contributed by atoms with Crippen LogP contribution in [0.15, 0.2) is 0 Å². The van der Waals surface area contributed by atoms with Crippen LogP contribution in [0.1, 0.15) is 26.7 Å². The fourth-order valence-electron chi connectivity index (χ4n) is 1.73. The molecule has 0 aromatic carbocycles. The molecule has 0 bridgehead atoms. The molecule has 0 radical (unpaired) electrons. The third-order valence-electron chi connectivity index (χ3n) is 2.65. The summed E-state index contributed by atoms with van der Waals surface area (Å²) in [4.78, 5) is 0. The number of hydrogen-bond donors (Lipinski definition) is 1. The number of aliphatic hydroxyl groups excluding tert-OH is 1. The molecule has 3 atom stereocenters. The summed E-state index contributed by atoms with van der Waals surface area (Å²) < 4.78 is 25.1. The zero-order chi connectivity index (χ0) is 9.35. The van der Waals surface area contributed by atoms with Crippen molar-refractivity contribution >= 4 is 0 Å². The first-order valence-electron chi connectivity index (χ1n) is 4.46. The van der Waals surface area contributed by atoms with E-state index in [1.807, 2.05) is 13.8 Å². The van der Waals surface area contributed by atoms with Crippen LogP contribution in [0.2, 0.25) is 0 Å².